The number of rotatable bonds is 1. The highest BCUT2D eigenvalue weighted by Crippen LogP contribution is 2.15. The van der Waals surface area contributed by atoms with Crippen LogP contribution >= 0.6 is 0 Å². The summed E-state index contributed by atoms with van der Waals surface area (Å²) < 4.78 is 0. The van der Waals surface area contributed by atoms with Crippen molar-refractivity contribution in [1.29, 1.82) is 0 Å². The zero-order chi connectivity index (χ0) is 8.39. The Bertz CT molecular complexity index is 133. The largest absolute Gasteiger partial charge is 0.355 e. The molecule has 2 nitrogen and oxygen atoms in total. The Hall–Kier alpha value is -0.0800. The predicted octanol–water partition coefficient (Wildman–Crippen LogP) is -0.782. The highest BCUT2D eigenvalue weighted by Gasteiger charge is 2.30. The third kappa shape index (κ3) is 1.80. The van der Waals surface area contributed by atoms with Crippen LogP contribution < -0.4 is 10.6 Å². The number of nitrogens with one attached hydrogen (secondary N) is 1. The van der Waals surface area contributed by atoms with Crippen molar-refractivity contribution in [3.05, 3.63) is 0 Å². The summed E-state index contributed by atoms with van der Waals surface area (Å²) in [6.45, 7) is 2.80. The van der Waals surface area contributed by atoms with Crippen LogP contribution in [0.5, 0.6) is 0 Å². The molecule has 0 spiro atoms. The minimum atomic E-state index is 0.759. The molecule has 2 aliphatic rings. The molecule has 0 bridgehead atoms. The lowest BCUT2D eigenvalue weighted by Gasteiger charge is -2.30. The van der Waals surface area contributed by atoms with E-state index in [1.54, 1.807) is 0 Å². The van der Waals surface area contributed by atoms with E-state index < -0.39 is 0 Å². The lowest BCUT2D eigenvalue weighted by Crippen LogP contribution is -3.17. The Morgan fingerprint density at radius 1 is 0.917 bits per heavy atom. The summed E-state index contributed by atoms with van der Waals surface area (Å²) in [6.07, 6.45) is 8.70. The average molecular weight is 170 g/mol. The molecule has 12 heavy (non-hydrogen) atoms. The third-order valence-electron chi connectivity index (χ3n) is 3.68. The molecule has 0 unspecified atom stereocenters. The number of hydrogen-bond donors (Lipinski definition) is 2. The fourth-order valence-electron chi connectivity index (χ4n) is 2.79. The van der Waals surface area contributed by atoms with Crippen molar-refractivity contribution in [3.8, 4) is 0 Å². The first-order chi connectivity index (χ1) is 5.86. The fraction of sp³-hybridized carbons (Fsp3) is 1.00. The summed E-state index contributed by atoms with van der Waals surface area (Å²) in [5.41, 5.74) is 4.15. The van der Waals surface area contributed by atoms with Crippen molar-refractivity contribution in [2.24, 2.45) is 0 Å². The van der Waals surface area contributed by atoms with Crippen molar-refractivity contribution in [2.45, 2.75) is 50.6 Å². The number of piperidine rings is 1. The van der Waals surface area contributed by atoms with Crippen molar-refractivity contribution < 1.29 is 10.6 Å². The van der Waals surface area contributed by atoms with Crippen LogP contribution in [0.25, 0.3) is 0 Å². The minimum absolute atomic E-state index is 0.759. The maximum absolute atomic E-state index is 4.15. The molecule has 1 heterocycles. The molecule has 1 aliphatic heterocycles. The van der Waals surface area contributed by atoms with E-state index >= 15 is 0 Å². The van der Waals surface area contributed by atoms with E-state index in [2.05, 4.69) is 5.73 Å². The first-order valence-corrected chi connectivity index (χ1v) is 5.54. The Labute approximate surface area is 75.1 Å². The molecule has 0 aromatic carbocycles. The number of hydrogen-bond acceptors (Lipinski definition) is 0. The topological polar surface area (TPSA) is 32.1 Å². The van der Waals surface area contributed by atoms with Gasteiger partial charge in [-0.1, -0.05) is 0 Å². The van der Waals surface area contributed by atoms with E-state index in [0.29, 0.717) is 0 Å². The van der Waals surface area contributed by atoms with Crippen LogP contribution in [-0.4, -0.2) is 25.2 Å². The van der Waals surface area contributed by atoms with Crippen LogP contribution in [0.4, 0.5) is 0 Å². The molecule has 2 heteroatoms. The standard InChI is InChI=1S/C10H20N2/c11-9-5-7-12(8-6-9)10-3-1-2-4-10/h9-10H,1-8,11H2/p+2. The van der Waals surface area contributed by atoms with E-state index in [4.69, 9.17) is 0 Å². The first kappa shape index (κ1) is 8.52. The highest BCUT2D eigenvalue weighted by molar-refractivity contribution is 4.67. The molecule has 2 fully saturated rings. The Kier molecular flexibility index (Phi) is 2.66. The molecule has 0 radical (unpaired) electrons. The van der Waals surface area contributed by atoms with E-state index in [-0.39, 0.29) is 0 Å². The van der Waals surface area contributed by atoms with Crippen LogP contribution in [0.2, 0.25) is 0 Å². The SMILES string of the molecule is [NH3+]C1CC[NH+](C2CCCC2)CC1. The van der Waals surface area contributed by atoms with Crippen LogP contribution in [0, 0.1) is 0 Å². The average Bonchev–Trinajstić information content (AvgIpc) is 2.58. The first-order valence-electron chi connectivity index (χ1n) is 5.54. The zero-order valence-corrected chi connectivity index (χ0v) is 8.02. The van der Waals surface area contributed by atoms with Gasteiger partial charge in [0.2, 0.25) is 0 Å². The van der Waals surface area contributed by atoms with Gasteiger partial charge in [0.15, 0.2) is 0 Å². The monoisotopic (exact) mass is 170 g/mol. The number of quaternary nitrogens is 2. The van der Waals surface area contributed by atoms with Crippen LogP contribution in [0.15, 0.2) is 0 Å². The lowest BCUT2D eigenvalue weighted by atomic mass is 10.0. The molecular formula is C10H22N2+2. The molecule has 1 aliphatic carbocycles. The van der Waals surface area contributed by atoms with E-state index in [0.717, 1.165) is 12.1 Å². The molecule has 70 valence electrons. The molecule has 2 rings (SSSR count). The van der Waals surface area contributed by atoms with Gasteiger partial charge in [0.05, 0.1) is 25.2 Å². The third-order valence-corrected chi connectivity index (χ3v) is 3.68. The molecule has 4 N–H and O–H groups in total. The summed E-state index contributed by atoms with van der Waals surface area (Å²) >= 11 is 0. The maximum atomic E-state index is 4.15. The van der Waals surface area contributed by atoms with Gasteiger partial charge in [-0.3, -0.25) is 0 Å². The van der Waals surface area contributed by atoms with E-state index in [1.807, 2.05) is 4.90 Å². The van der Waals surface area contributed by atoms with Gasteiger partial charge in [-0.25, -0.2) is 0 Å². The zero-order valence-electron chi connectivity index (χ0n) is 8.02. The Morgan fingerprint density at radius 3 is 2.08 bits per heavy atom. The molecule has 0 aromatic heterocycles. The van der Waals surface area contributed by atoms with Crippen LogP contribution in [0.3, 0.4) is 0 Å². The van der Waals surface area contributed by atoms with E-state index in [1.165, 1.54) is 51.6 Å². The second kappa shape index (κ2) is 3.75. The van der Waals surface area contributed by atoms with Gasteiger partial charge in [0.25, 0.3) is 0 Å². The molecule has 0 atom stereocenters. The van der Waals surface area contributed by atoms with Gasteiger partial charge in [0.1, 0.15) is 0 Å². The molecular weight excluding hydrogens is 148 g/mol. The smallest absolute Gasteiger partial charge is 0.0952 e. The fourth-order valence-corrected chi connectivity index (χ4v) is 2.79. The molecule has 0 aromatic rings. The normalized spacial score (nSPS) is 38.8. The Balaban J connectivity index is 1.80. The summed E-state index contributed by atoms with van der Waals surface area (Å²) in [5.74, 6) is 0. The number of likely N-dealkylation sites (tertiary alicyclic amines) is 1. The lowest BCUT2D eigenvalue weighted by molar-refractivity contribution is -0.932. The second-order valence-electron chi connectivity index (χ2n) is 4.58. The van der Waals surface area contributed by atoms with E-state index in [9.17, 15) is 0 Å². The van der Waals surface area contributed by atoms with Gasteiger partial charge in [-0.05, 0) is 25.7 Å². The Morgan fingerprint density at radius 2 is 1.50 bits per heavy atom. The summed E-state index contributed by atoms with van der Waals surface area (Å²) in [4.78, 5) is 1.90. The van der Waals surface area contributed by atoms with Crippen molar-refractivity contribution in [2.75, 3.05) is 13.1 Å². The van der Waals surface area contributed by atoms with Gasteiger partial charge in [-0.15, -0.1) is 0 Å². The van der Waals surface area contributed by atoms with Crippen LogP contribution in [0.1, 0.15) is 38.5 Å². The van der Waals surface area contributed by atoms with Crippen molar-refractivity contribution >= 4 is 0 Å². The second-order valence-corrected chi connectivity index (χ2v) is 4.58. The molecule has 0 amide bonds. The summed E-state index contributed by atoms with van der Waals surface area (Å²) in [7, 11) is 0. The highest BCUT2D eigenvalue weighted by atomic mass is 15.2. The van der Waals surface area contributed by atoms with Gasteiger partial charge >= 0.3 is 0 Å². The van der Waals surface area contributed by atoms with Crippen molar-refractivity contribution in [3.63, 3.8) is 0 Å². The van der Waals surface area contributed by atoms with Crippen molar-refractivity contribution in [1.82, 2.24) is 0 Å². The molecule has 1 saturated carbocycles. The quantitative estimate of drug-likeness (QED) is 0.517. The summed E-state index contributed by atoms with van der Waals surface area (Å²) in [6, 6.07) is 1.78. The predicted molar refractivity (Wildman–Crippen MR) is 48.9 cm³/mol. The van der Waals surface area contributed by atoms with Gasteiger partial charge in [-0.2, -0.15) is 0 Å². The molecule has 1 saturated heterocycles. The van der Waals surface area contributed by atoms with Gasteiger partial charge < -0.3 is 10.6 Å². The van der Waals surface area contributed by atoms with Gasteiger partial charge in [0, 0.05) is 12.8 Å². The summed E-state index contributed by atoms with van der Waals surface area (Å²) in [5, 5.41) is 0. The minimum Gasteiger partial charge on any atom is -0.355 e. The van der Waals surface area contributed by atoms with Crippen LogP contribution in [-0.2, 0) is 0 Å². The maximum Gasteiger partial charge on any atom is 0.0952 e.